The van der Waals surface area contributed by atoms with Crippen molar-refractivity contribution in [2.45, 2.75) is 38.6 Å². The molecule has 0 radical (unpaired) electrons. The first-order valence-corrected chi connectivity index (χ1v) is 10.6. The third-order valence-electron chi connectivity index (χ3n) is 5.67. The average molecular weight is 419 g/mol. The van der Waals surface area contributed by atoms with Crippen molar-refractivity contribution < 1.29 is 19.2 Å². The van der Waals surface area contributed by atoms with Crippen LogP contribution < -0.4 is 10.6 Å². The molecule has 0 saturated heterocycles. The van der Waals surface area contributed by atoms with E-state index in [1.54, 1.807) is 24.3 Å². The van der Waals surface area contributed by atoms with Crippen molar-refractivity contribution in [1.29, 1.82) is 0 Å². The van der Waals surface area contributed by atoms with E-state index in [9.17, 15) is 19.2 Å². The summed E-state index contributed by atoms with van der Waals surface area (Å²) in [5.41, 5.74) is 2.52. The third kappa shape index (κ3) is 4.66. The summed E-state index contributed by atoms with van der Waals surface area (Å²) in [4.78, 5) is 50.1. The molecule has 2 N–H and O–H groups in total. The molecule has 1 aliphatic carbocycles. The van der Waals surface area contributed by atoms with Crippen LogP contribution in [0.3, 0.4) is 0 Å². The number of nitrogens with one attached hydrogen (secondary N) is 2. The molecular weight excluding hydrogens is 394 g/mol. The number of fused-ring (bicyclic) bond motifs is 1. The lowest BCUT2D eigenvalue weighted by Gasteiger charge is -2.16. The lowest BCUT2D eigenvalue weighted by Crippen LogP contribution is -2.32. The molecule has 0 spiro atoms. The van der Waals surface area contributed by atoms with Gasteiger partial charge in [0.15, 0.2) is 0 Å². The van der Waals surface area contributed by atoms with E-state index in [1.807, 2.05) is 31.2 Å². The Bertz CT molecular complexity index is 992. The van der Waals surface area contributed by atoms with Gasteiger partial charge in [0.25, 0.3) is 11.8 Å². The maximum atomic E-state index is 12.4. The molecule has 7 nitrogen and oxygen atoms in total. The number of amides is 4. The molecule has 4 rings (SSSR count). The number of imide groups is 1. The van der Waals surface area contributed by atoms with Crippen molar-refractivity contribution in [1.82, 2.24) is 10.2 Å². The van der Waals surface area contributed by atoms with Crippen LogP contribution in [-0.2, 0) is 9.59 Å². The Morgan fingerprint density at radius 3 is 2.19 bits per heavy atom. The highest BCUT2D eigenvalue weighted by molar-refractivity contribution is 6.21. The van der Waals surface area contributed by atoms with Gasteiger partial charge in [-0.25, -0.2) is 0 Å². The van der Waals surface area contributed by atoms with E-state index in [0.29, 0.717) is 17.5 Å². The highest BCUT2D eigenvalue weighted by Crippen LogP contribution is 2.30. The number of rotatable bonds is 8. The number of carbonyl (C=O) groups excluding carboxylic acids is 4. The van der Waals surface area contributed by atoms with Crippen LogP contribution in [0.4, 0.5) is 5.69 Å². The Morgan fingerprint density at radius 1 is 1.00 bits per heavy atom. The molecule has 0 aromatic heterocycles. The van der Waals surface area contributed by atoms with Crippen LogP contribution in [0.1, 0.15) is 64.9 Å². The van der Waals surface area contributed by atoms with Gasteiger partial charge in [-0.1, -0.05) is 24.3 Å². The van der Waals surface area contributed by atoms with Crippen molar-refractivity contribution >= 4 is 29.3 Å². The van der Waals surface area contributed by atoms with E-state index in [1.165, 1.54) is 4.90 Å². The minimum absolute atomic E-state index is 0.0622. The molecule has 4 amide bonds. The van der Waals surface area contributed by atoms with E-state index in [-0.39, 0.29) is 48.6 Å². The molecule has 7 heteroatoms. The topological polar surface area (TPSA) is 95.6 Å². The summed E-state index contributed by atoms with van der Waals surface area (Å²) >= 11 is 0. The average Bonchev–Trinajstić information content (AvgIpc) is 3.59. The van der Waals surface area contributed by atoms with Gasteiger partial charge in [0, 0.05) is 24.6 Å². The van der Waals surface area contributed by atoms with Crippen molar-refractivity contribution in [2.24, 2.45) is 5.92 Å². The lowest BCUT2D eigenvalue weighted by molar-refractivity contribution is -0.122. The fraction of sp³-hybridized carbons (Fsp3) is 0.333. The van der Waals surface area contributed by atoms with Gasteiger partial charge in [-0.2, -0.15) is 0 Å². The predicted octanol–water partition coefficient (Wildman–Crippen LogP) is 3.29. The monoisotopic (exact) mass is 419 g/mol. The first kappa shape index (κ1) is 20.8. The summed E-state index contributed by atoms with van der Waals surface area (Å²) in [6.07, 6.45) is 2.53. The van der Waals surface area contributed by atoms with Crippen LogP contribution in [-0.4, -0.2) is 35.1 Å². The molecule has 1 aliphatic heterocycles. The van der Waals surface area contributed by atoms with Gasteiger partial charge in [-0.05, 0) is 56.0 Å². The van der Waals surface area contributed by atoms with Gasteiger partial charge in [0.2, 0.25) is 11.8 Å². The zero-order valence-electron chi connectivity index (χ0n) is 17.4. The summed E-state index contributed by atoms with van der Waals surface area (Å²) in [6.45, 7) is 2.10. The van der Waals surface area contributed by atoms with Gasteiger partial charge in [-0.3, -0.25) is 24.1 Å². The second kappa shape index (κ2) is 8.71. The summed E-state index contributed by atoms with van der Waals surface area (Å²) in [7, 11) is 0. The van der Waals surface area contributed by atoms with Gasteiger partial charge in [-0.15, -0.1) is 0 Å². The van der Waals surface area contributed by atoms with Crippen LogP contribution in [0, 0.1) is 5.92 Å². The van der Waals surface area contributed by atoms with Crippen molar-refractivity contribution in [3.8, 4) is 0 Å². The fourth-order valence-electron chi connectivity index (χ4n) is 3.68. The van der Waals surface area contributed by atoms with Crippen molar-refractivity contribution in [2.75, 3.05) is 11.9 Å². The van der Waals surface area contributed by atoms with E-state index >= 15 is 0 Å². The molecule has 1 fully saturated rings. The van der Waals surface area contributed by atoms with E-state index in [4.69, 9.17) is 0 Å². The minimum atomic E-state index is -0.303. The van der Waals surface area contributed by atoms with Gasteiger partial charge >= 0.3 is 0 Å². The Kier molecular flexibility index (Phi) is 5.84. The number of hydrogen-bond donors (Lipinski definition) is 2. The molecule has 1 heterocycles. The van der Waals surface area contributed by atoms with Crippen LogP contribution in [0.5, 0.6) is 0 Å². The van der Waals surface area contributed by atoms with Gasteiger partial charge in [0.05, 0.1) is 17.2 Å². The standard InChI is InChI=1S/C24H25N3O4/c1-15(16-10-12-18(13-11-16)26-22(29)17-8-9-17)25-21(28)7-4-14-27-23(30)19-5-2-3-6-20(19)24(27)31/h2-3,5-6,10-13,15,17H,4,7-9,14H2,1H3,(H,25,28)(H,26,29). The Morgan fingerprint density at radius 2 is 1.61 bits per heavy atom. The second-order valence-corrected chi connectivity index (χ2v) is 8.09. The number of benzene rings is 2. The molecule has 31 heavy (non-hydrogen) atoms. The smallest absolute Gasteiger partial charge is 0.261 e. The van der Waals surface area contributed by atoms with Crippen LogP contribution >= 0.6 is 0 Å². The second-order valence-electron chi connectivity index (χ2n) is 8.09. The quantitative estimate of drug-likeness (QED) is 0.642. The molecule has 2 aromatic carbocycles. The third-order valence-corrected chi connectivity index (χ3v) is 5.67. The molecule has 2 aromatic rings. The molecule has 2 aliphatic rings. The SMILES string of the molecule is CC(NC(=O)CCCN1C(=O)c2ccccc2C1=O)c1ccc(NC(=O)C2CC2)cc1. The van der Waals surface area contributed by atoms with Gasteiger partial charge < -0.3 is 10.6 Å². The Labute approximate surface area is 180 Å². The summed E-state index contributed by atoms with van der Waals surface area (Å²) in [5.74, 6) is -0.535. The lowest BCUT2D eigenvalue weighted by atomic mass is 10.1. The molecule has 1 unspecified atom stereocenters. The number of carbonyl (C=O) groups is 4. The summed E-state index contributed by atoms with van der Waals surface area (Å²) < 4.78 is 0. The highest BCUT2D eigenvalue weighted by Gasteiger charge is 2.34. The van der Waals surface area contributed by atoms with Crippen LogP contribution in [0.25, 0.3) is 0 Å². The number of anilines is 1. The van der Waals surface area contributed by atoms with Crippen molar-refractivity contribution in [3.63, 3.8) is 0 Å². The van der Waals surface area contributed by atoms with Crippen molar-refractivity contribution in [3.05, 3.63) is 65.2 Å². The maximum absolute atomic E-state index is 12.4. The number of nitrogens with zero attached hydrogens (tertiary/aromatic N) is 1. The highest BCUT2D eigenvalue weighted by atomic mass is 16.2. The summed E-state index contributed by atoms with van der Waals surface area (Å²) in [6, 6.07) is 14.0. The summed E-state index contributed by atoms with van der Waals surface area (Å²) in [5, 5.41) is 5.83. The zero-order valence-corrected chi connectivity index (χ0v) is 17.4. The molecule has 1 atom stereocenters. The largest absolute Gasteiger partial charge is 0.350 e. The predicted molar refractivity (Wildman–Crippen MR) is 115 cm³/mol. The Balaban J connectivity index is 1.23. The number of hydrogen-bond acceptors (Lipinski definition) is 4. The zero-order chi connectivity index (χ0) is 22.0. The van der Waals surface area contributed by atoms with Gasteiger partial charge in [0.1, 0.15) is 0 Å². The Hall–Kier alpha value is -3.48. The molecule has 0 bridgehead atoms. The van der Waals surface area contributed by atoms with E-state index < -0.39 is 0 Å². The molecule has 160 valence electrons. The van der Waals surface area contributed by atoms with E-state index in [2.05, 4.69) is 10.6 Å². The molecular formula is C24H25N3O4. The van der Waals surface area contributed by atoms with E-state index in [0.717, 1.165) is 24.1 Å². The van der Waals surface area contributed by atoms with Crippen LogP contribution in [0.15, 0.2) is 48.5 Å². The van der Waals surface area contributed by atoms with Crippen LogP contribution in [0.2, 0.25) is 0 Å². The normalized spacial score (nSPS) is 16.1. The molecule has 1 saturated carbocycles. The maximum Gasteiger partial charge on any atom is 0.261 e. The minimum Gasteiger partial charge on any atom is -0.350 e. The fourth-order valence-corrected chi connectivity index (χ4v) is 3.68. The first-order valence-electron chi connectivity index (χ1n) is 10.6. The first-order chi connectivity index (χ1) is 14.9.